The van der Waals surface area contributed by atoms with Crippen LogP contribution in [0.5, 0.6) is 17.2 Å². The summed E-state index contributed by atoms with van der Waals surface area (Å²) in [5, 5.41) is 6.73. The van der Waals surface area contributed by atoms with Gasteiger partial charge in [0.2, 0.25) is 0 Å². The minimum Gasteiger partial charge on any atom is -0.457 e. The molecule has 0 saturated heterocycles. The molecule has 310 valence electrons. The molecule has 0 amide bonds. The summed E-state index contributed by atoms with van der Waals surface area (Å²) in [7, 11) is 0. The Kier molecular flexibility index (Phi) is 7.98. The van der Waals surface area contributed by atoms with Crippen LogP contribution in [0.2, 0.25) is 0 Å². The lowest BCUT2D eigenvalue weighted by Gasteiger charge is -2.22. The summed E-state index contributed by atoms with van der Waals surface area (Å²) in [6.07, 6.45) is 10.6. The van der Waals surface area contributed by atoms with E-state index in [4.69, 9.17) is 13.9 Å². The van der Waals surface area contributed by atoms with Crippen LogP contribution in [0, 0.1) is 0 Å². The lowest BCUT2D eigenvalue weighted by molar-refractivity contribution is 0.424. The molecule has 4 heterocycles. The average Bonchev–Trinajstić information content (AvgIpc) is 3.96. The van der Waals surface area contributed by atoms with Crippen molar-refractivity contribution in [2.75, 3.05) is 0 Å². The largest absolute Gasteiger partial charge is 0.457 e. The number of allylic oxidation sites excluding steroid dienone is 5. The quantitative estimate of drug-likeness (QED) is 0.167. The van der Waals surface area contributed by atoms with Gasteiger partial charge in [-0.2, -0.15) is 0 Å². The summed E-state index contributed by atoms with van der Waals surface area (Å²) in [6, 6.07) is 69.0. The highest BCUT2D eigenvalue weighted by Gasteiger charge is 2.23. The first-order chi connectivity index (χ1) is 32.7. The van der Waals surface area contributed by atoms with Crippen molar-refractivity contribution in [3.8, 4) is 50.9 Å². The lowest BCUT2D eigenvalue weighted by Crippen LogP contribution is -2.07. The molecule has 0 spiro atoms. The van der Waals surface area contributed by atoms with E-state index in [2.05, 4.69) is 209 Å². The van der Waals surface area contributed by atoms with Crippen molar-refractivity contribution in [3.63, 3.8) is 0 Å². The topological polar surface area (TPSA) is 41.5 Å². The van der Waals surface area contributed by atoms with E-state index >= 15 is 0 Å². The van der Waals surface area contributed by atoms with Crippen LogP contribution >= 0.6 is 0 Å². The second kappa shape index (κ2) is 14.4. The Morgan fingerprint density at radius 3 is 1.64 bits per heavy atom. The van der Waals surface area contributed by atoms with Crippen molar-refractivity contribution in [2.45, 2.75) is 5.92 Å². The molecule has 12 aromatic rings. The zero-order chi connectivity index (χ0) is 43.3. The van der Waals surface area contributed by atoms with Gasteiger partial charge >= 0.3 is 0 Å². The number of aromatic nitrogens is 2. The molecule has 1 atom stereocenters. The summed E-state index contributed by atoms with van der Waals surface area (Å²) in [5.41, 5.74) is 14.2. The van der Waals surface area contributed by atoms with Crippen LogP contribution in [-0.2, 0) is 0 Å². The molecule has 1 unspecified atom stereocenters. The SMILES string of the molecule is C1=CC2=CC(C=C1)c1cc(-n3c4ccc(Oc5ccc6c(c5)c5cc(-c7ccccc7)ccc5n6-c5ccc6oc7ccccc7c6c5)cc4c4cc(-c5ccccc5)ccc43)ccc1O2. The van der Waals surface area contributed by atoms with E-state index in [1.54, 1.807) is 0 Å². The van der Waals surface area contributed by atoms with Crippen molar-refractivity contribution in [3.05, 3.63) is 236 Å². The fraction of sp³-hybridized carbons (Fsp3) is 0.0164. The maximum absolute atomic E-state index is 6.91. The molecule has 9 aromatic carbocycles. The van der Waals surface area contributed by atoms with Crippen molar-refractivity contribution in [1.82, 2.24) is 9.13 Å². The van der Waals surface area contributed by atoms with Crippen LogP contribution in [-0.4, -0.2) is 9.13 Å². The zero-order valence-corrected chi connectivity index (χ0v) is 35.6. The van der Waals surface area contributed by atoms with E-state index < -0.39 is 0 Å². The van der Waals surface area contributed by atoms with Gasteiger partial charge in [0, 0.05) is 55.2 Å². The molecule has 0 N–H and O–H groups in total. The van der Waals surface area contributed by atoms with Crippen molar-refractivity contribution in [1.29, 1.82) is 0 Å². The molecule has 5 nitrogen and oxygen atoms in total. The number of fused-ring (bicyclic) bond motifs is 12. The molecule has 0 fully saturated rings. The lowest BCUT2D eigenvalue weighted by atomic mass is 9.95. The van der Waals surface area contributed by atoms with E-state index in [1.165, 1.54) is 11.1 Å². The van der Waals surface area contributed by atoms with Gasteiger partial charge < -0.3 is 23.0 Å². The number of hydrogen-bond acceptors (Lipinski definition) is 3. The fourth-order valence-electron chi connectivity index (χ4n) is 10.3. The second-order valence-electron chi connectivity index (χ2n) is 17.3. The molecule has 5 heteroatoms. The maximum atomic E-state index is 6.91. The molecule has 66 heavy (non-hydrogen) atoms. The van der Waals surface area contributed by atoms with E-state index in [-0.39, 0.29) is 5.92 Å². The van der Waals surface area contributed by atoms with Gasteiger partial charge in [-0.25, -0.2) is 0 Å². The van der Waals surface area contributed by atoms with Gasteiger partial charge in [0.25, 0.3) is 0 Å². The van der Waals surface area contributed by atoms with Gasteiger partial charge in [0.15, 0.2) is 0 Å². The molecule has 1 aliphatic heterocycles. The molecule has 2 aliphatic rings. The Morgan fingerprint density at radius 1 is 0.409 bits per heavy atom. The van der Waals surface area contributed by atoms with Crippen LogP contribution < -0.4 is 9.47 Å². The van der Waals surface area contributed by atoms with E-state index in [0.717, 1.165) is 117 Å². The molecular weight excluding hydrogens is 809 g/mol. The first-order valence-corrected chi connectivity index (χ1v) is 22.4. The summed E-state index contributed by atoms with van der Waals surface area (Å²) >= 11 is 0. The smallest absolute Gasteiger partial charge is 0.135 e. The van der Waals surface area contributed by atoms with E-state index in [0.29, 0.717) is 0 Å². The molecular formula is C61H38N2O3. The van der Waals surface area contributed by atoms with Gasteiger partial charge in [-0.05, 0) is 138 Å². The fourth-order valence-corrected chi connectivity index (χ4v) is 10.3. The number of para-hydroxylation sites is 1. The molecule has 14 rings (SSSR count). The molecule has 1 aliphatic carbocycles. The van der Waals surface area contributed by atoms with Gasteiger partial charge in [-0.1, -0.05) is 109 Å². The van der Waals surface area contributed by atoms with Crippen molar-refractivity contribution in [2.24, 2.45) is 0 Å². The Labute approximate surface area is 379 Å². The van der Waals surface area contributed by atoms with Crippen LogP contribution in [0.4, 0.5) is 0 Å². The number of rotatable bonds is 6. The molecule has 2 bridgehead atoms. The normalized spacial score (nSPS) is 14.3. The Bertz CT molecular complexity index is 4050. The Balaban J connectivity index is 0.915. The predicted molar refractivity (Wildman–Crippen MR) is 270 cm³/mol. The van der Waals surface area contributed by atoms with Crippen LogP contribution in [0.1, 0.15) is 11.5 Å². The standard InChI is InChI=1S/C61H38N2O3/c1-3-11-38(12-4-1)40-19-25-55-50(32-40)52-36-46(23-27-57(52)62(55)43-21-29-60-49(34-43)42-15-7-8-16-45(31-42)65-60)64-47-24-28-58-53(37-47)51-33-41(39-13-5-2-6-14-39)20-26-56(51)63(58)44-22-30-61-54(35-44)48-17-9-10-18-59(48)66-61/h1-37,42H. The van der Waals surface area contributed by atoms with Crippen molar-refractivity contribution < 1.29 is 13.9 Å². The van der Waals surface area contributed by atoms with Crippen LogP contribution in [0.3, 0.4) is 0 Å². The summed E-state index contributed by atoms with van der Waals surface area (Å²) in [4.78, 5) is 0. The van der Waals surface area contributed by atoms with E-state index in [1.807, 2.05) is 24.3 Å². The molecule has 0 radical (unpaired) electrons. The Morgan fingerprint density at radius 2 is 0.970 bits per heavy atom. The minimum atomic E-state index is 0.133. The van der Waals surface area contributed by atoms with E-state index in [9.17, 15) is 0 Å². The van der Waals surface area contributed by atoms with Crippen LogP contribution in [0.25, 0.3) is 99.2 Å². The highest BCUT2D eigenvalue weighted by molar-refractivity contribution is 6.13. The molecule has 0 saturated carbocycles. The Hall–Kier alpha value is -8.80. The highest BCUT2D eigenvalue weighted by Crippen LogP contribution is 2.43. The number of benzene rings is 9. The third-order valence-corrected chi connectivity index (χ3v) is 13.4. The monoisotopic (exact) mass is 846 g/mol. The first kappa shape index (κ1) is 36.7. The van der Waals surface area contributed by atoms with Gasteiger partial charge in [0.1, 0.15) is 34.2 Å². The van der Waals surface area contributed by atoms with Gasteiger partial charge in [-0.3, -0.25) is 0 Å². The average molecular weight is 847 g/mol. The molecule has 3 aromatic heterocycles. The third-order valence-electron chi connectivity index (χ3n) is 13.4. The van der Waals surface area contributed by atoms with Gasteiger partial charge in [0.05, 0.1) is 22.1 Å². The first-order valence-electron chi connectivity index (χ1n) is 22.4. The second-order valence-corrected chi connectivity index (χ2v) is 17.3. The van der Waals surface area contributed by atoms with Gasteiger partial charge in [-0.15, -0.1) is 0 Å². The number of ether oxygens (including phenoxy) is 2. The third kappa shape index (κ3) is 5.80. The predicted octanol–water partition coefficient (Wildman–Crippen LogP) is 16.4. The number of hydrogen-bond donors (Lipinski definition) is 0. The summed E-state index contributed by atoms with van der Waals surface area (Å²) in [5.74, 6) is 3.44. The maximum Gasteiger partial charge on any atom is 0.135 e. The number of furan rings is 1. The minimum absolute atomic E-state index is 0.133. The van der Waals surface area contributed by atoms with Crippen LogP contribution in [0.15, 0.2) is 235 Å². The highest BCUT2D eigenvalue weighted by atomic mass is 16.5. The number of nitrogens with zero attached hydrogens (tertiary/aromatic N) is 2. The zero-order valence-electron chi connectivity index (χ0n) is 35.6. The summed E-state index contributed by atoms with van der Waals surface area (Å²) < 4.78 is 24.2. The summed E-state index contributed by atoms with van der Waals surface area (Å²) in [6.45, 7) is 0. The van der Waals surface area contributed by atoms with Crippen molar-refractivity contribution >= 4 is 65.6 Å².